The van der Waals surface area contributed by atoms with E-state index < -0.39 is 11.4 Å². The van der Waals surface area contributed by atoms with Crippen LogP contribution in [0.25, 0.3) is 0 Å². The molecule has 0 aliphatic carbocycles. The second-order valence-electron chi connectivity index (χ2n) is 5.33. The van der Waals surface area contributed by atoms with Crippen LogP contribution in [0, 0.1) is 0 Å². The number of esters is 1. The topological polar surface area (TPSA) is 29.5 Å². The number of halogens is 2. The van der Waals surface area contributed by atoms with Crippen molar-refractivity contribution in [1.29, 1.82) is 0 Å². The highest BCUT2D eigenvalue weighted by Gasteiger charge is 2.23. The van der Waals surface area contributed by atoms with Gasteiger partial charge in [-0.1, -0.05) is 52.4 Å². The second kappa shape index (κ2) is 10.4. The van der Waals surface area contributed by atoms with Crippen LogP contribution in [0.4, 0.5) is 0 Å². The van der Waals surface area contributed by atoms with Gasteiger partial charge in [0.25, 0.3) is 0 Å². The molecule has 0 saturated heterocycles. The van der Waals surface area contributed by atoms with E-state index in [1.807, 2.05) is 42.5 Å². The van der Waals surface area contributed by atoms with Gasteiger partial charge in [0.2, 0.25) is 0 Å². The Morgan fingerprint density at radius 2 is 1.85 bits per heavy atom. The van der Waals surface area contributed by atoms with Gasteiger partial charge < -0.3 is 9.64 Å². The summed E-state index contributed by atoms with van der Waals surface area (Å²) in [7, 11) is 0. The Labute approximate surface area is 180 Å². The minimum atomic E-state index is -0.528. The average molecular weight is 517 g/mol. The number of nitrogens with zero attached hydrogens (tertiary/aromatic N) is 1. The summed E-state index contributed by atoms with van der Waals surface area (Å²) in [6, 6.07) is 14.9. The molecular weight excluding hydrogens is 498 g/mol. The highest BCUT2D eigenvalue weighted by molar-refractivity contribution is 9.10. The number of hydrogen-bond acceptors (Lipinski definition) is 4. The number of hydrogen-bond donors (Lipinski definition) is 0. The van der Waals surface area contributed by atoms with Gasteiger partial charge >= 0.3 is 5.97 Å². The molecule has 1 unspecified atom stereocenters. The van der Waals surface area contributed by atoms with Gasteiger partial charge in [0.05, 0.1) is 5.56 Å². The van der Waals surface area contributed by atoms with Crippen LogP contribution in [0.2, 0.25) is 0 Å². The van der Waals surface area contributed by atoms with Crippen molar-refractivity contribution in [2.75, 3.05) is 13.1 Å². The fourth-order valence-electron chi connectivity index (χ4n) is 2.25. The van der Waals surface area contributed by atoms with E-state index in [0.29, 0.717) is 14.4 Å². The van der Waals surface area contributed by atoms with Crippen LogP contribution in [0.15, 0.2) is 57.5 Å². The van der Waals surface area contributed by atoms with Crippen molar-refractivity contribution in [3.8, 4) is 0 Å². The van der Waals surface area contributed by atoms with Gasteiger partial charge in [0.15, 0.2) is 5.44 Å². The molecule has 0 fully saturated rings. The van der Waals surface area contributed by atoms with E-state index in [1.54, 1.807) is 6.07 Å². The van der Waals surface area contributed by atoms with Crippen LogP contribution in [-0.2, 0) is 4.74 Å². The number of ether oxygens (including phenoxy) is 1. The molecule has 26 heavy (non-hydrogen) atoms. The Balaban J connectivity index is 2.27. The Bertz CT molecular complexity index is 782. The maximum Gasteiger partial charge on any atom is 0.340 e. The summed E-state index contributed by atoms with van der Waals surface area (Å²) in [5.41, 5.74) is 0.835. The van der Waals surface area contributed by atoms with Gasteiger partial charge in [-0.15, -0.1) is 0 Å². The molecule has 138 valence electrons. The van der Waals surface area contributed by atoms with E-state index in [2.05, 4.69) is 50.6 Å². The van der Waals surface area contributed by atoms with Crippen molar-refractivity contribution in [2.24, 2.45) is 0 Å². The van der Waals surface area contributed by atoms with Crippen molar-refractivity contribution >= 4 is 66.1 Å². The lowest BCUT2D eigenvalue weighted by molar-refractivity contribution is 0.0457. The number of carbonyl (C=O) groups excluding carboxylic acids is 1. The minimum Gasteiger partial charge on any atom is -0.442 e. The third kappa shape index (κ3) is 5.81. The summed E-state index contributed by atoms with van der Waals surface area (Å²) in [5.74, 6) is -0.391. The van der Waals surface area contributed by atoms with E-state index in [9.17, 15) is 4.79 Å². The molecule has 0 amide bonds. The molecule has 2 rings (SSSR count). The molecule has 0 spiro atoms. The predicted molar refractivity (Wildman–Crippen MR) is 120 cm³/mol. The molecule has 0 heterocycles. The lowest BCUT2D eigenvalue weighted by atomic mass is 10.2. The largest absolute Gasteiger partial charge is 0.442 e. The Morgan fingerprint density at radius 3 is 2.46 bits per heavy atom. The fraction of sp³-hybridized carbons (Fsp3) is 0.263. The molecule has 2 aromatic carbocycles. The van der Waals surface area contributed by atoms with Gasteiger partial charge in [-0.25, -0.2) is 4.79 Å². The summed E-state index contributed by atoms with van der Waals surface area (Å²) < 4.78 is 8.16. The normalized spacial score (nSPS) is 11.7. The van der Waals surface area contributed by atoms with E-state index in [-0.39, 0.29) is 0 Å². The molecule has 1 atom stereocenters. The van der Waals surface area contributed by atoms with E-state index in [0.717, 1.165) is 23.1 Å². The van der Waals surface area contributed by atoms with Gasteiger partial charge in [0, 0.05) is 27.6 Å². The summed E-state index contributed by atoms with van der Waals surface area (Å²) >= 11 is 13.8. The lowest BCUT2D eigenvalue weighted by Crippen LogP contribution is -2.27. The zero-order chi connectivity index (χ0) is 19.1. The van der Waals surface area contributed by atoms with Crippen LogP contribution >= 0.6 is 55.8 Å². The van der Waals surface area contributed by atoms with Crippen LogP contribution < -0.4 is 0 Å². The monoisotopic (exact) mass is 515 g/mol. The van der Waals surface area contributed by atoms with E-state index in [1.165, 1.54) is 11.8 Å². The molecule has 0 bridgehead atoms. The summed E-state index contributed by atoms with van der Waals surface area (Å²) in [5, 5.41) is 0. The minimum absolute atomic E-state index is 0.391. The summed E-state index contributed by atoms with van der Waals surface area (Å²) in [6.45, 7) is 5.73. The first-order valence-corrected chi connectivity index (χ1v) is 11.0. The number of benzene rings is 2. The molecular formula is C19H19Br2NO2S2. The number of carbonyl (C=O) groups is 1. The first-order valence-electron chi connectivity index (χ1n) is 8.12. The zero-order valence-electron chi connectivity index (χ0n) is 14.4. The van der Waals surface area contributed by atoms with Gasteiger partial charge in [-0.2, -0.15) is 0 Å². The molecule has 0 N–H and O–H groups in total. The maximum absolute atomic E-state index is 12.7. The highest BCUT2D eigenvalue weighted by Crippen LogP contribution is 2.35. The molecule has 0 aliphatic rings. The van der Waals surface area contributed by atoms with Gasteiger partial charge in [0.1, 0.15) is 4.32 Å². The van der Waals surface area contributed by atoms with Gasteiger partial charge in [-0.3, -0.25) is 0 Å². The number of thiocarbonyl (C=S) groups is 1. The number of rotatable bonds is 6. The smallest absolute Gasteiger partial charge is 0.340 e. The molecule has 0 aliphatic heterocycles. The Morgan fingerprint density at radius 1 is 1.15 bits per heavy atom. The third-order valence-electron chi connectivity index (χ3n) is 3.66. The molecule has 0 aromatic heterocycles. The number of thioether (sulfide) groups is 1. The second-order valence-corrected chi connectivity index (χ2v) is 8.79. The Hall–Kier alpha value is -0.890. The molecule has 2 aromatic rings. The van der Waals surface area contributed by atoms with E-state index in [4.69, 9.17) is 17.0 Å². The van der Waals surface area contributed by atoms with Crippen LogP contribution in [0.5, 0.6) is 0 Å². The SMILES string of the molecule is CCN(CC)C(=S)SC(OC(=O)c1ccccc1Br)c1cccc(Br)c1. The summed E-state index contributed by atoms with van der Waals surface area (Å²) in [6.07, 6.45) is 0. The fourth-order valence-corrected chi connectivity index (χ4v) is 4.64. The molecule has 0 radical (unpaired) electrons. The highest BCUT2D eigenvalue weighted by atomic mass is 79.9. The Kier molecular flexibility index (Phi) is 8.60. The average Bonchev–Trinajstić information content (AvgIpc) is 2.62. The standard InChI is InChI=1S/C19H19Br2NO2S2/c1-3-22(4-2)19(25)26-18(13-8-7-9-14(20)12-13)24-17(23)15-10-5-6-11-16(15)21/h5-12,18H,3-4H2,1-2H3. The van der Waals surface area contributed by atoms with Crippen molar-refractivity contribution in [1.82, 2.24) is 4.90 Å². The van der Waals surface area contributed by atoms with Crippen LogP contribution in [0.1, 0.15) is 35.2 Å². The van der Waals surface area contributed by atoms with Crippen molar-refractivity contribution < 1.29 is 9.53 Å². The van der Waals surface area contributed by atoms with Gasteiger partial charge in [-0.05, 0) is 65.8 Å². The third-order valence-corrected chi connectivity index (χ3v) is 6.43. The van der Waals surface area contributed by atoms with Crippen LogP contribution in [0.3, 0.4) is 0 Å². The first kappa shape index (κ1) is 21.4. The van der Waals surface area contributed by atoms with Crippen LogP contribution in [-0.4, -0.2) is 28.3 Å². The maximum atomic E-state index is 12.7. The van der Waals surface area contributed by atoms with Crippen molar-refractivity contribution in [2.45, 2.75) is 19.3 Å². The van der Waals surface area contributed by atoms with E-state index >= 15 is 0 Å². The summed E-state index contributed by atoms with van der Waals surface area (Å²) in [4.78, 5) is 14.8. The molecule has 3 nitrogen and oxygen atoms in total. The molecule has 7 heteroatoms. The van der Waals surface area contributed by atoms with Crippen molar-refractivity contribution in [3.05, 3.63) is 68.6 Å². The predicted octanol–water partition coefficient (Wildman–Crippen LogP) is 6.43. The zero-order valence-corrected chi connectivity index (χ0v) is 19.3. The quantitative estimate of drug-likeness (QED) is 0.251. The molecule has 0 saturated carbocycles. The lowest BCUT2D eigenvalue weighted by Gasteiger charge is -2.25. The first-order chi connectivity index (χ1) is 12.5. The van der Waals surface area contributed by atoms with Crippen molar-refractivity contribution in [3.63, 3.8) is 0 Å².